The first-order valence-electron chi connectivity index (χ1n) is 5.78. The average molecular weight is 224 g/mol. The number of hydrogen-bond donors (Lipinski definition) is 0. The van der Waals surface area contributed by atoms with E-state index in [-0.39, 0.29) is 24.3 Å². The van der Waals surface area contributed by atoms with Gasteiger partial charge in [0.25, 0.3) is 0 Å². The highest BCUT2D eigenvalue weighted by Gasteiger charge is 2.33. The summed E-state index contributed by atoms with van der Waals surface area (Å²) in [6, 6.07) is 0. The molecule has 2 rings (SSSR count). The molecule has 2 aliphatic rings. The Balaban J connectivity index is 1.91. The summed E-state index contributed by atoms with van der Waals surface area (Å²) in [6.07, 6.45) is 2.95. The maximum atomic E-state index is 11.6. The van der Waals surface area contributed by atoms with Gasteiger partial charge in [-0.3, -0.25) is 9.59 Å². The van der Waals surface area contributed by atoms with Crippen molar-refractivity contribution in [2.45, 2.75) is 45.1 Å². The highest BCUT2D eigenvalue weighted by Crippen LogP contribution is 2.35. The predicted octanol–water partition coefficient (Wildman–Crippen LogP) is 1.74. The van der Waals surface area contributed by atoms with Crippen LogP contribution in [-0.4, -0.2) is 24.5 Å². The number of rotatable bonds is 3. The van der Waals surface area contributed by atoms with Crippen LogP contribution in [0, 0.1) is 0 Å². The first-order valence-corrected chi connectivity index (χ1v) is 5.78. The molecule has 88 valence electrons. The van der Waals surface area contributed by atoms with Gasteiger partial charge in [0.1, 0.15) is 11.9 Å². The minimum Gasteiger partial charge on any atom is -0.493 e. The zero-order valence-corrected chi connectivity index (χ0v) is 9.45. The van der Waals surface area contributed by atoms with E-state index in [0.717, 1.165) is 24.2 Å². The first-order chi connectivity index (χ1) is 7.70. The Morgan fingerprint density at radius 3 is 3.00 bits per heavy atom. The van der Waals surface area contributed by atoms with Gasteiger partial charge >= 0.3 is 5.97 Å². The zero-order valence-electron chi connectivity index (χ0n) is 9.45. The summed E-state index contributed by atoms with van der Waals surface area (Å²) < 4.78 is 10.5. The third-order valence-electron chi connectivity index (χ3n) is 2.92. The standard InChI is InChI=1S/C12H16O4/c1-2-15-12(14)7-8-6-9-10(13)4-3-5-11(9)16-8/h8H,2-7H2,1H3. The topological polar surface area (TPSA) is 52.6 Å². The van der Waals surface area contributed by atoms with Crippen LogP contribution in [0.25, 0.3) is 0 Å². The lowest BCUT2D eigenvalue weighted by molar-refractivity contribution is -0.145. The normalized spacial score (nSPS) is 24.1. The Kier molecular flexibility index (Phi) is 3.27. The molecule has 0 aromatic rings. The molecule has 0 saturated heterocycles. The van der Waals surface area contributed by atoms with Crippen LogP contribution in [0.15, 0.2) is 11.3 Å². The van der Waals surface area contributed by atoms with E-state index in [2.05, 4.69) is 0 Å². The predicted molar refractivity (Wildman–Crippen MR) is 56.6 cm³/mol. The second-order valence-corrected chi connectivity index (χ2v) is 4.13. The van der Waals surface area contributed by atoms with E-state index < -0.39 is 0 Å². The van der Waals surface area contributed by atoms with Crippen LogP contribution in [-0.2, 0) is 19.1 Å². The number of carbonyl (C=O) groups excluding carboxylic acids is 2. The minimum atomic E-state index is -0.250. The van der Waals surface area contributed by atoms with Crippen LogP contribution in [0.1, 0.15) is 39.0 Å². The fourth-order valence-corrected chi connectivity index (χ4v) is 2.21. The molecule has 1 unspecified atom stereocenters. The molecule has 0 fully saturated rings. The van der Waals surface area contributed by atoms with Crippen LogP contribution in [0.4, 0.5) is 0 Å². The SMILES string of the molecule is CCOC(=O)CC1CC2=C(CCCC2=O)O1. The Labute approximate surface area is 94.6 Å². The molecule has 4 nitrogen and oxygen atoms in total. The van der Waals surface area contributed by atoms with Crippen molar-refractivity contribution < 1.29 is 19.1 Å². The lowest BCUT2D eigenvalue weighted by atomic mass is 9.94. The van der Waals surface area contributed by atoms with Gasteiger partial charge in [-0.05, 0) is 13.3 Å². The van der Waals surface area contributed by atoms with E-state index >= 15 is 0 Å². The summed E-state index contributed by atoms with van der Waals surface area (Å²) in [6.45, 7) is 2.16. The number of esters is 1. The highest BCUT2D eigenvalue weighted by atomic mass is 16.5. The summed E-state index contributed by atoms with van der Waals surface area (Å²) in [5.74, 6) is 0.748. The number of Topliss-reactive ketones (excluding diaryl/α,β-unsaturated/α-hetero) is 1. The Morgan fingerprint density at radius 2 is 2.31 bits per heavy atom. The average Bonchev–Trinajstić information content (AvgIpc) is 2.62. The Morgan fingerprint density at radius 1 is 1.50 bits per heavy atom. The molecule has 4 heteroatoms. The molecule has 0 radical (unpaired) electrons. The van der Waals surface area contributed by atoms with Gasteiger partial charge in [0, 0.05) is 24.8 Å². The van der Waals surface area contributed by atoms with E-state index in [4.69, 9.17) is 9.47 Å². The van der Waals surface area contributed by atoms with Gasteiger partial charge < -0.3 is 9.47 Å². The van der Waals surface area contributed by atoms with Crippen molar-refractivity contribution in [3.8, 4) is 0 Å². The summed E-state index contributed by atoms with van der Waals surface area (Å²) in [5, 5.41) is 0. The largest absolute Gasteiger partial charge is 0.493 e. The maximum absolute atomic E-state index is 11.6. The molecule has 0 amide bonds. The van der Waals surface area contributed by atoms with E-state index in [1.807, 2.05) is 0 Å². The molecule has 0 aromatic heterocycles. The summed E-state index contributed by atoms with van der Waals surface area (Å²) in [7, 11) is 0. The van der Waals surface area contributed by atoms with Gasteiger partial charge in [0.05, 0.1) is 13.0 Å². The molecule has 0 aromatic carbocycles. The van der Waals surface area contributed by atoms with Crippen molar-refractivity contribution in [1.82, 2.24) is 0 Å². The minimum absolute atomic E-state index is 0.188. The molecule has 0 bridgehead atoms. The van der Waals surface area contributed by atoms with Crippen LogP contribution in [0.5, 0.6) is 0 Å². The molecular formula is C12H16O4. The van der Waals surface area contributed by atoms with Crippen molar-refractivity contribution in [3.05, 3.63) is 11.3 Å². The number of allylic oxidation sites excluding steroid dienone is 1. The van der Waals surface area contributed by atoms with E-state index in [0.29, 0.717) is 19.4 Å². The van der Waals surface area contributed by atoms with Gasteiger partial charge in [0.15, 0.2) is 5.78 Å². The van der Waals surface area contributed by atoms with E-state index in [9.17, 15) is 9.59 Å². The van der Waals surface area contributed by atoms with Crippen LogP contribution in [0.3, 0.4) is 0 Å². The number of hydrogen-bond acceptors (Lipinski definition) is 4. The molecule has 16 heavy (non-hydrogen) atoms. The second-order valence-electron chi connectivity index (χ2n) is 4.13. The lowest BCUT2D eigenvalue weighted by Crippen LogP contribution is -2.15. The molecule has 0 saturated carbocycles. The fourth-order valence-electron chi connectivity index (χ4n) is 2.21. The maximum Gasteiger partial charge on any atom is 0.309 e. The second kappa shape index (κ2) is 4.68. The summed E-state index contributed by atoms with van der Waals surface area (Å²) in [5.41, 5.74) is 0.806. The van der Waals surface area contributed by atoms with Crippen molar-refractivity contribution >= 4 is 11.8 Å². The van der Waals surface area contributed by atoms with Crippen molar-refractivity contribution in [2.24, 2.45) is 0 Å². The van der Waals surface area contributed by atoms with E-state index in [1.54, 1.807) is 6.92 Å². The molecule has 1 aliphatic carbocycles. The summed E-state index contributed by atoms with van der Waals surface area (Å²) >= 11 is 0. The number of ether oxygens (including phenoxy) is 2. The monoisotopic (exact) mass is 224 g/mol. The Bertz CT molecular complexity index is 343. The third-order valence-corrected chi connectivity index (χ3v) is 2.92. The van der Waals surface area contributed by atoms with Gasteiger partial charge in [-0.15, -0.1) is 0 Å². The molecule has 0 spiro atoms. The van der Waals surface area contributed by atoms with Gasteiger partial charge in [-0.2, -0.15) is 0 Å². The molecule has 1 heterocycles. The van der Waals surface area contributed by atoms with Crippen LogP contribution >= 0.6 is 0 Å². The third kappa shape index (κ3) is 2.26. The Hall–Kier alpha value is -1.32. The smallest absolute Gasteiger partial charge is 0.309 e. The number of carbonyl (C=O) groups is 2. The van der Waals surface area contributed by atoms with Crippen LogP contribution < -0.4 is 0 Å². The summed E-state index contributed by atoms with van der Waals surface area (Å²) in [4.78, 5) is 22.9. The van der Waals surface area contributed by atoms with Crippen LogP contribution in [0.2, 0.25) is 0 Å². The van der Waals surface area contributed by atoms with Crippen molar-refractivity contribution in [3.63, 3.8) is 0 Å². The molecule has 1 aliphatic heterocycles. The highest BCUT2D eigenvalue weighted by molar-refractivity contribution is 5.97. The van der Waals surface area contributed by atoms with Gasteiger partial charge in [-0.25, -0.2) is 0 Å². The lowest BCUT2D eigenvalue weighted by Gasteiger charge is -2.12. The molecular weight excluding hydrogens is 208 g/mol. The van der Waals surface area contributed by atoms with Crippen molar-refractivity contribution in [1.29, 1.82) is 0 Å². The first kappa shape index (κ1) is 11.2. The fraction of sp³-hybridized carbons (Fsp3) is 0.667. The zero-order chi connectivity index (χ0) is 11.5. The van der Waals surface area contributed by atoms with Gasteiger partial charge in [0.2, 0.25) is 0 Å². The van der Waals surface area contributed by atoms with Crippen molar-refractivity contribution in [2.75, 3.05) is 6.61 Å². The quantitative estimate of drug-likeness (QED) is 0.685. The number of ketones is 1. The van der Waals surface area contributed by atoms with E-state index in [1.165, 1.54) is 0 Å². The molecule has 0 N–H and O–H groups in total. The van der Waals surface area contributed by atoms with Gasteiger partial charge in [-0.1, -0.05) is 0 Å². The molecule has 1 atom stereocenters.